The third-order valence-corrected chi connectivity index (χ3v) is 1.92. The van der Waals surface area contributed by atoms with Crippen molar-refractivity contribution in [3.8, 4) is 0 Å². The summed E-state index contributed by atoms with van der Waals surface area (Å²) in [4.78, 5) is 10.9. The molecular formula is C8H12N2O. The molecular weight excluding hydrogens is 140 g/mol. The van der Waals surface area contributed by atoms with E-state index in [0.29, 0.717) is 5.56 Å². The molecule has 1 aromatic rings. The van der Waals surface area contributed by atoms with Crippen LogP contribution in [0.1, 0.15) is 21.6 Å². The van der Waals surface area contributed by atoms with Crippen LogP contribution in [0.15, 0.2) is 6.20 Å². The van der Waals surface area contributed by atoms with Crippen LogP contribution in [0.3, 0.4) is 0 Å². The Morgan fingerprint density at radius 2 is 2.09 bits per heavy atom. The molecule has 0 aromatic carbocycles. The highest BCUT2D eigenvalue weighted by Crippen LogP contribution is 2.13. The average Bonchev–Trinajstić information content (AvgIpc) is 2.07. The number of rotatable bonds is 1. The Hall–Kier alpha value is -1.25. The minimum Gasteiger partial charge on any atom is -0.366 e. The third-order valence-electron chi connectivity index (χ3n) is 1.92. The first-order chi connectivity index (χ1) is 5.04. The predicted molar refractivity (Wildman–Crippen MR) is 43.4 cm³/mol. The molecule has 0 unspecified atom stereocenters. The summed E-state index contributed by atoms with van der Waals surface area (Å²) in [7, 11) is 1.90. The van der Waals surface area contributed by atoms with Crippen molar-refractivity contribution in [2.24, 2.45) is 12.8 Å². The fourth-order valence-electron chi connectivity index (χ4n) is 1.29. The summed E-state index contributed by atoms with van der Waals surface area (Å²) in [5.74, 6) is -0.347. The van der Waals surface area contributed by atoms with Crippen LogP contribution in [-0.2, 0) is 7.05 Å². The summed E-state index contributed by atoms with van der Waals surface area (Å²) in [5, 5.41) is 0. The number of carbonyl (C=O) groups is 1. The third kappa shape index (κ3) is 1.13. The van der Waals surface area contributed by atoms with Crippen molar-refractivity contribution in [3.63, 3.8) is 0 Å². The van der Waals surface area contributed by atoms with Gasteiger partial charge >= 0.3 is 0 Å². The molecule has 3 heteroatoms. The molecule has 1 amide bonds. The van der Waals surface area contributed by atoms with Gasteiger partial charge in [0, 0.05) is 18.9 Å². The maximum Gasteiger partial charge on any atom is 0.250 e. The van der Waals surface area contributed by atoms with Gasteiger partial charge in [-0.05, 0) is 19.4 Å². The number of hydrogen-bond donors (Lipinski definition) is 1. The number of nitrogens with zero attached hydrogens (tertiary/aromatic N) is 1. The Balaban J connectivity index is 3.34. The van der Waals surface area contributed by atoms with Gasteiger partial charge < -0.3 is 10.3 Å². The lowest BCUT2D eigenvalue weighted by atomic mass is 10.1. The standard InChI is InChI=1S/C8H12N2O/c1-5-4-10(3)6(2)7(5)8(9)11/h4H,1-3H3,(H2,9,11). The molecule has 1 aromatic heterocycles. The second kappa shape index (κ2) is 2.42. The maximum absolute atomic E-state index is 10.9. The average molecular weight is 152 g/mol. The van der Waals surface area contributed by atoms with Gasteiger partial charge in [0.1, 0.15) is 0 Å². The van der Waals surface area contributed by atoms with Gasteiger partial charge in [0.2, 0.25) is 0 Å². The second-order valence-corrected chi connectivity index (χ2v) is 2.75. The molecule has 3 nitrogen and oxygen atoms in total. The highest BCUT2D eigenvalue weighted by atomic mass is 16.1. The molecule has 1 rings (SSSR count). The van der Waals surface area contributed by atoms with E-state index in [1.54, 1.807) is 0 Å². The Kier molecular flexibility index (Phi) is 1.72. The zero-order chi connectivity index (χ0) is 8.59. The van der Waals surface area contributed by atoms with Crippen LogP contribution in [0.4, 0.5) is 0 Å². The Bertz CT molecular complexity index is 299. The van der Waals surface area contributed by atoms with Crippen LogP contribution in [0, 0.1) is 13.8 Å². The van der Waals surface area contributed by atoms with Gasteiger partial charge in [-0.25, -0.2) is 0 Å². The number of carbonyl (C=O) groups excluding carboxylic acids is 1. The van der Waals surface area contributed by atoms with Gasteiger partial charge in [0.25, 0.3) is 5.91 Å². The summed E-state index contributed by atoms with van der Waals surface area (Å²) in [6.45, 7) is 3.76. The molecule has 60 valence electrons. The number of nitrogens with two attached hydrogens (primary N) is 1. The Morgan fingerprint density at radius 3 is 2.27 bits per heavy atom. The van der Waals surface area contributed by atoms with E-state index in [9.17, 15) is 4.79 Å². The van der Waals surface area contributed by atoms with E-state index in [1.165, 1.54) is 0 Å². The smallest absolute Gasteiger partial charge is 0.250 e. The number of hydrogen-bond acceptors (Lipinski definition) is 1. The normalized spacial score (nSPS) is 10.1. The van der Waals surface area contributed by atoms with Crippen molar-refractivity contribution in [2.75, 3.05) is 0 Å². The summed E-state index contributed by atoms with van der Waals surface area (Å²) < 4.78 is 1.90. The van der Waals surface area contributed by atoms with Crippen molar-refractivity contribution >= 4 is 5.91 Å². The first-order valence-electron chi connectivity index (χ1n) is 3.46. The monoisotopic (exact) mass is 152 g/mol. The zero-order valence-electron chi connectivity index (χ0n) is 7.01. The lowest BCUT2D eigenvalue weighted by molar-refractivity contribution is 0.0999. The van der Waals surface area contributed by atoms with Gasteiger partial charge in [-0.15, -0.1) is 0 Å². The van der Waals surface area contributed by atoms with E-state index in [-0.39, 0.29) is 5.91 Å². The van der Waals surface area contributed by atoms with Gasteiger partial charge in [0.05, 0.1) is 5.56 Å². The summed E-state index contributed by atoms with van der Waals surface area (Å²) in [5.41, 5.74) is 7.69. The fraction of sp³-hybridized carbons (Fsp3) is 0.375. The number of aryl methyl sites for hydroxylation is 2. The highest BCUT2D eigenvalue weighted by molar-refractivity contribution is 5.95. The molecule has 0 saturated carbocycles. The van der Waals surface area contributed by atoms with E-state index < -0.39 is 0 Å². The summed E-state index contributed by atoms with van der Waals surface area (Å²) in [6, 6.07) is 0. The Morgan fingerprint density at radius 1 is 1.55 bits per heavy atom. The van der Waals surface area contributed by atoms with Crippen molar-refractivity contribution in [2.45, 2.75) is 13.8 Å². The first kappa shape index (κ1) is 7.85. The predicted octanol–water partition coefficient (Wildman–Crippen LogP) is 0.741. The highest BCUT2D eigenvalue weighted by Gasteiger charge is 2.11. The number of amides is 1. The molecule has 11 heavy (non-hydrogen) atoms. The molecule has 0 atom stereocenters. The summed E-state index contributed by atoms with van der Waals surface area (Å²) >= 11 is 0. The molecule has 2 N–H and O–H groups in total. The van der Waals surface area contributed by atoms with E-state index >= 15 is 0 Å². The molecule has 1 heterocycles. The molecule has 0 radical (unpaired) electrons. The molecule has 0 fully saturated rings. The lowest BCUT2D eigenvalue weighted by Gasteiger charge is -1.96. The molecule has 0 aliphatic heterocycles. The number of aromatic nitrogens is 1. The van der Waals surface area contributed by atoms with E-state index in [4.69, 9.17) is 5.73 Å². The summed E-state index contributed by atoms with van der Waals surface area (Å²) in [6.07, 6.45) is 1.90. The van der Waals surface area contributed by atoms with Crippen molar-refractivity contribution in [1.82, 2.24) is 4.57 Å². The van der Waals surface area contributed by atoms with Crippen LogP contribution in [0.2, 0.25) is 0 Å². The zero-order valence-corrected chi connectivity index (χ0v) is 7.01. The quantitative estimate of drug-likeness (QED) is 0.634. The van der Waals surface area contributed by atoms with Crippen molar-refractivity contribution < 1.29 is 4.79 Å². The fourth-order valence-corrected chi connectivity index (χ4v) is 1.29. The Labute approximate surface area is 65.8 Å². The van der Waals surface area contributed by atoms with Crippen LogP contribution in [-0.4, -0.2) is 10.5 Å². The molecule has 0 saturated heterocycles. The number of primary amides is 1. The SMILES string of the molecule is Cc1cn(C)c(C)c1C(N)=O. The molecule has 0 aliphatic rings. The van der Waals surface area contributed by atoms with Gasteiger partial charge in [-0.2, -0.15) is 0 Å². The molecule has 0 bridgehead atoms. The van der Waals surface area contributed by atoms with Crippen molar-refractivity contribution in [1.29, 1.82) is 0 Å². The van der Waals surface area contributed by atoms with Gasteiger partial charge in [-0.1, -0.05) is 0 Å². The van der Waals surface area contributed by atoms with Crippen LogP contribution in [0.25, 0.3) is 0 Å². The van der Waals surface area contributed by atoms with E-state index in [2.05, 4.69) is 0 Å². The van der Waals surface area contributed by atoms with Crippen LogP contribution < -0.4 is 5.73 Å². The van der Waals surface area contributed by atoms with Gasteiger partial charge in [0.15, 0.2) is 0 Å². The van der Waals surface area contributed by atoms with Crippen molar-refractivity contribution in [3.05, 3.63) is 23.0 Å². The molecule has 0 spiro atoms. The topological polar surface area (TPSA) is 48.0 Å². The second-order valence-electron chi connectivity index (χ2n) is 2.75. The lowest BCUT2D eigenvalue weighted by Crippen LogP contribution is -2.13. The van der Waals surface area contributed by atoms with E-state index in [1.807, 2.05) is 31.7 Å². The van der Waals surface area contributed by atoms with E-state index in [0.717, 1.165) is 11.3 Å². The maximum atomic E-state index is 10.9. The van der Waals surface area contributed by atoms with Gasteiger partial charge in [-0.3, -0.25) is 4.79 Å². The molecule has 0 aliphatic carbocycles. The first-order valence-corrected chi connectivity index (χ1v) is 3.46. The van der Waals surface area contributed by atoms with Crippen LogP contribution in [0.5, 0.6) is 0 Å². The largest absolute Gasteiger partial charge is 0.366 e. The minimum absolute atomic E-state index is 0.347. The minimum atomic E-state index is -0.347. The van der Waals surface area contributed by atoms with Crippen LogP contribution >= 0.6 is 0 Å².